The van der Waals surface area contributed by atoms with E-state index in [-0.39, 0.29) is 0 Å². The third-order valence-electron chi connectivity index (χ3n) is 2.83. The Morgan fingerprint density at radius 2 is 2.10 bits per heavy atom. The van der Waals surface area contributed by atoms with Crippen molar-refractivity contribution in [3.8, 4) is 11.5 Å². The summed E-state index contributed by atoms with van der Waals surface area (Å²) in [7, 11) is 1.66. The number of para-hydroxylation sites is 1. The number of hydrogen-bond donors (Lipinski definition) is 1. The number of aromatic nitrogens is 2. The Hall–Kier alpha value is -2.14. The summed E-state index contributed by atoms with van der Waals surface area (Å²) in [5.41, 5.74) is 2.02. The zero-order valence-corrected chi connectivity index (χ0v) is 11.8. The average molecular weight is 273 g/mol. The van der Waals surface area contributed by atoms with E-state index in [9.17, 15) is 0 Å². The van der Waals surface area contributed by atoms with E-state index in [2.05, 4.69) is 15.3 Å². The minimum atomic E-state index is 0.619. The molecule has 1 heterocycles. The lowest BCUT2D eigenvalue weighted by Crippen LogP contribution is -2.14. The van der Waals surface area contributed by atoms with E-state index in [1.54, 1.807) is 19.6 Å². The molecule has 0 spiro atoms. The van der Waals surface area contributed by atoms with Crippen molar-refractivity contribution in [2.24, 2.45) is 0 Å². The van der Waals surface area contributed by atoms with Gasteiger partial charge in [0.1, 0.15) is 6.33 Å². The van der Waals surface area contributed by atoms with Crippen LogP contribution in [0.2, 0.25) is 0 Å². The van der Waals surface area contributed by atoms with Gasteiger partial charge in [0.2, 0.25) is 0 Å². The molecule has 0 radical (unpaired) electrons. The van der Waals surface area contributed by atoms with E-state index < -0.39 is 0 Å². The van der Waals surface area contributed by atoms with Crippen LogP contribution < -0.4 is 14.8 Å². The molecule has 0 bridgehead atoms. The molecule has 5 nitrogen and oxygen atoms in total. The summed E-state index contributed by atoms with van der Waals surface area (Å²) in [6, 6.07) is 7.79. The molecule has 2 rings (SSSR count). The van der Waals surface area contributed by atoms with E-state index in [1.165, 1.54) is 0 Å². The summed E-state index contributed by atoms with van der Waals surface area (Å²) < 4.78 is 11.0. The zero-order chi connectivity index (χ0) is 14.2. The number of benzene rings is 1. The van der Waals surface area contributed by atoms with Gasteiger partial charge in [-0.15, -0.1) is 0 Å². The maximum Gasteiger partial charge on any atom is 0.165 e. The molecule has 0 fully saturated rings. The summed E-state index contributed by atoms with van der Waals surface area (Å²) in [6.45, 7) is 3.95. The highest BCUT2D eigenvalue weighted by Crippen LogP contribution is 2.30. The molecule has 0 atom stereocenters. The van der Waals surface area contributed by atoms with Crippen LogP contribution in [-0.2, 0) is 13.1 Å². The number of hydrogen-bond acceptors (Lipinski definition) is 5. The Morgan fingerprint density at radius 3 is 2.80 bits per heavy atom. The minimum Gasteiger partial charge on any atom is -0.493 e. The van der Waals surface area contributed by atoms with Gasteiger partial charge in [-0.05, 0) is 19.1 Å². The SMILES string of the molecule is CCOc1cccc(CNCc2ccncn2)c1OC. The third-order valence-corrected chi connectivity index (χ3v) is 2.83. The number of rotatable bonds is 7. The molecule has 5 heteroatoms. The lowest BCUT2D eigenvalue weighted by Gasteiger charge is -2.14. The molecule has 1 aromatic heterocycles. The second-order valence-electron chi connectivity index (χ2n) is 4.19. The first kappa shape index (κ1) is 14.3. The van der Waals surface area contributed by atoms with Gasteiger partial charge < -0.3 is 14.8 Å². The maximum absolute atomic E-state index is 5.56. The fourth-order valence-electron chi connectivity index (χ4n) is 1.95. The molecule has 106 valence electrons. The van der Waals surface area contributed by atoms with E-state index >= 15 is 0 Å². The average Bonchev–Trinajstić information content (AvgIpc) is 2.49. The van der Waals surface area contributed by atoms with Crippen molar-refractivity contribution < 1.29 is 9.47 Å². The van der Waals surface area contributed by atoms with Gasteiger partial charge in [-0.3, -0.25) is 0 Å². The van der Waals surface area contributed by atoms with Crippen LogP contribution >= 0.6 is 0 Å². The Bertz CT molecular complexity index is 532. The van der Waals surface area contributed by atoms with E-state index in [1.807, 2.05) is 31.2 Å². The van der Waals surface area contributed by atoms with Crippen LogP contribution in [-0.4, -0.2) is 23.7 Å². The molecule has 0 saturated heterocycles. The van der Waals surface area contributed by atoms with Gasteiger partial charge >= 0.3 is 0 Å². The molecule has 0 saturated carbocycles. The lowest BCUT2D eigenvalue weighted by atomic mass is 10.2. The highest BCUT2D eigenvalue weighted by atomic mass is 16.5. The zero-order valence-electron chi connectivity index (χ0n) is 11.8. The van der Waals surface area contributed by atoms with E-state index in [0.29, 0.717) is 19.7 Å². The Kier molecular flexibility index (Phi) is 5.32. The van der Waals surface area contributed by atoms with Crippen molar-refractivity contribution in [3.63, 3.8) is 0 Å². The largest absolute Gasteiger partial charge is 0.493 e. The van der Waals surface area contributed by atoms with Gasteiger partial charge in [-0.1, -0.05) is 12.1 Å². The summed E-state index contributed by atoms with van der Waals surface area (Å²) in [4.78, 5) is 8.07. The fraction of sp³-hybridized carbons (Fsp3) is 0.333. The van der Waals surface area contributed by atoms with Gasteiger partial charge in [-0.2, -0.15) is 0 Å². The molecule has 0 unspecified atom stereocenters. The predicted molar refractivity (Wildman–Crippen MR) is 76.7 cm³/mol. The molecule has 2 aromatic rings. The van der Waals surface area contributed by atoms with Gasteiger partial charge in [0.05, 0.1) is 19.4 Å². The van der Waals surface area contributed by atoms with Crippen molar-refractivity contribution in [2.75, 3.05) is 13.7 Å². The second-order valence-corrected chi connectivity index (χ2v) is 4.19. The first-order chi connectivity index (χ1) is 9.85. The summed E-state index contributed by atoms with van der Waals surface area (Å²) in [6.07, 6.45) is 3.29. The number of ether oxygens (including phenoxy) is 2. The normalized spacial score (nSPS) is 10.3. The molecule has 1 aromatic carbocycles. The molecule has 0 amide bonds. The van der Waals surface area contributed by atoms with Gasteiger partial charge in [0, 0.05) is 24.8 Å². The molecular formula is C15H19N3O2. The van der Waals surface area contributed by atoms with Crippen LogP contribution in [0.1, 0.15) is 18.2 Å². The van der Waals surface area contributed by atoms with Gasteiger partial charge in [-0.25, -0.2) is 9.97 Å². The van der Waals surface area contributed by atoms with Crippen molar-refractivity contribution in [2.45, 2.75) is 20.0 Å². The summed E-state index contributed by atoms with van der Waals surface area (Å²) in [5.74, 6) is 1.56. The second kappa shape index (κ2) is 7.45. The molecule has 0 aliphatic heterocycles. The molecule has 20 heavy (non-hydrogen) atoms. The molecular weight excluding hydrogens is 254 g/mol. The first-order valence-electron chi connectivity index (χ1n) is 6.59. The summed E-state index contributed by atoms with van der Waals surface area (Å²) in [5, 5.41) is 3.34. The topological polar surface area (TPSA) is 56.3 Å². The van der Waals surface area contributed by atoms with Crippen LogP contribution in [0.5, 0.6) is 11.5 Å². The Labute approximate surface area is 119 Å². The molecule has 0 aliphatic carbocycles. The number of nitrogens with zero attached hydrogens (tertiary/aromatic N) is 2. The smallest absolute Gasteiger partial charge is 0.165 e. The molecule has 1 N–H and O–H groups in total. The standard InChI is InChI=1S/C15H19N3O2/c1-3-20-14-6-4-5-12(15(14)19-2)9-17-10-13-7-8-16-11-18-13/h4-8,11,17H,3,9-10H2,1-2H3. The van der Waals surface area contributed by atoms with Crippen LogP contribution in [0.15, 0.2) is 36.8 Å². The maximum atomic E-state index is 5.56. The first-order valence-corrected chi connectivity index (χ1v) is 6.59. The van der Waals surface area contributed by atoms with Gasteiger partial charge in [0.25, 0.3) is 0 Å². The van der Waals surface area contributed by atoms with E-state index in [4.69, 9.17) is 9.47 Å². The Morgan fingerprint density at radius 1 is 1.20 bits per heavy atom. The highest BCUT2D eigenvalue weighted by Gasteiger charge is 2.09. The number of nitrogens with one attached hydrogen (secondary N) is 1. The quantitative estimate of drug-likeness (QED) is 0.838. The minimum absolute atomic E-state index is 0.619. The fourth-order valence-corrected chi connectivity index (χ4v) is 1.95. The van der Waals surface area contributed by atoms with Crippen molar-refractivity contribution >= 4 is 0 Å². The van der Waals surface area contributed by atoms with Crippen LogP contribution in [0.3, 0.4) is 0 Å². The van der Waals surface area contributed by atoms with Crippen LogP contribution in [0, 0.1) is 0 Å². The molecule has 0 aliphatic rings. The van der Waals surface area contributed by atoms with E-state index in [0.717, 1.165) is 22.8 Å². The Balaban J connectivity index is 2.00. The van der Waals surface area contributed by atoms with Crippen LogP contribution in [0.4, 0.5) is 0 Å². The van der Waals surface area contributed by atoms with Crippen molar-refractivity contribution in [1.82, 2.24) is 15.3 Å². The number of methoxy groups -OCH3 is 1. The summed E-state index contributed by atoms with van der Waals surface area (Å²) >= 11 is 0. The van der Waals surface area contributed by atoms with Crippen LogP contribution in [0.25, 0.3) is 0 Å². The lowest BCUT2D eigenvalue weighted by molar-refractivity contribution is 0.308. The van der Waals surface area contributed by atoms with Gasteiger partial charge in [0.15, 0.2) is 11.5 Å². The van der Waals surface area contributed by atoms with Crippen molar-refractivity contribution in [3.05, 3.63) is 48.0 Å². The van der Waals surface area contributed by atoms with Crippen molar-refractivity contribution in [1.29, 1.82) is 0 Å². The monoisotopic (exact) mass is 273 g/mol. The third kappa shape index (κ3) is 3.68. The predicted octanol–water partition coefficient (Wildman–Crippen LogP) is 2.17. The highest BCUT2D eigenvalue weighted by molar-refractivity contribution is 5.46.